The lowest BCUT2D eigenvalue weighted by Crippen LogP contribution is -2.25. The Labute approximate surface area is 126 Å². The van der Waals surface area contributed by atoms with Crippen LogP contribution in [0.3, 0.4) is 0 Å². The Morgan fingerprint density at radius 1 is 1.33 bits per heavy atom. The van der Waals surface area contributed by atoms with Gasteiger partial charge in [0.15, 0.2) is 0 Å². The summed E-state index contributed by atoms with van der Waals surface area (Å²) in [7, 11) is 1.75. The molecule has 1 aliphatic rings. The molecule has 1 aliphatic heterocycles. The lowest BCUT2D eigenvalue weighted by Gasteiger charge is -2.16. The Bertz CT molecular complexity index is 471. The van der Waals surface area contributed by atoms with E-state index in [0.717, 1.165) is 23.5 Å². The van der Waals surface area contributed by atoms with E-state index in [1.165, 1.54) is 25.9 Å². The highest BCUT2D eigenvalue weighted by atomic mass is 16.5. The number of ether oxygens (including phenoxy) is 1. The van der Waals surface area contributed by atoms with Crippen LogP contribution >= 0.6 is 0 Å². The van der Waals surface area contributed by atoms with Crippen LogP contribution in [0.15, 0.2) is 18.2 Å². The second kappa shape index (κ2) is 8.00. The van der Waals surface area contributed by atoms with E-state index in [2.05, 4.69) is 15.5 Å². The number of rotatable bonds is 7. The smallest absolute Gasteiger partial charge is 0.238 e. The number of carbonyl (C=O) groups excluding carboxylic acids is 1. The van der Waals surface area contributed by atoms with Gasteiger partial charge in [0, 0.05) is 12.2 Å². The number of amides is 1. The van der Waals surface area contributed by atoms with Crippen molar-refractivity contribution < 1.29 is 9.53 Å². The minimum atomic E-state index is -0.0420. The van der Waals surface area contributed by atoms with Crippen LogP contribution in [-0.4, -0.2) is 50.6 Å². The van der Waals surface area contributed by atoms with Crippen LogP contribution in [-0.2, 0) is 4.79 Å². The van der Waals surface area contributed by atoms with E-state index in [4.69, 9.17) is 4.74 Å². The average molecular weight is 291 g/mol. The highest BCUT2D eigenvalue weighted by molar-refractivity contribution is 5.92. The second-order valence-corrected chi connectivity index (χ2v) is 5.46. The number of nitrogens with one attached hydrogen (secondary N) is 2. The molecule has 0 saturated carbocycles. The lowest BCUT2D eigenvalue weighted by atomic mass is 10.2. The van der Waals surface area contributed by atoms with Crippen LogP contribution in [0.2, 0.25) is 0 Å². The van der Waals surface area contributed by atoms with E-state index in [1.54, 1.807) is 7.05 Å². The van der Waals surface area contributed by atoms with Crippen molar-refractivity contribution in [1.82, 2.24) is 10.2 Å². The van der Waals surface area contributed by atoms with E-state index in [-0.39, 0.29) is 5.91 Å². The van der Waals surface area contributed by atoms with Gasteiger partial charge in [-0.25, -0.2) is 0 Å². The fourth-order valence-corrected chi connectivity index (χ4v) is 2.55. The molecule has 0 unspecified atom stereocenters. The summed E-state index contributed by atoms with van der Waals surface area (Å²) >= 11 is 0. The monoisotopic (exact) mass is 291 g/mol. The maximum Gasteiger partial charge on any atom is 0.238 e. The van der Waals surface area contributed by atoms with Crippen molar-refractivity contribution in [1.29, 1.82) is 0 Å². The van der Waals surface area contributed by atoms with Gasteiger partial charge < -0.3 is 15.4 Å². The minimum absolute atomic E-state index is 0.0420. The van der Waals surface area contributed by atoms with Gasteiger partial charge in [0.05, 0.1) is 6.54 Å². The summed E-state index contributed by atoms with van der Waals surface area (Å²) < 4.78 is 5.84. The predicted octanol–water partition coefficient (Wildman–Crippen LogP) is 1.63. The van der Waals surface area contributed by atoms with E-state index < -0.39 is 0 Å². The maximum atomic E-state index is 11.5. The Morgan fingerprint density at radius 3 is 2.76 bits per heavy atom. The number of hydrogen-bond acceptors (Lipinski definition) is 4. The SMILES string of the molecule is CNCC(=O)Nc1ccc(OCCN2CCCC2)c(C)c1. The molecule has 1 saturated heterocycles. The van der Waals surface area contributed by atoms with Gasteiger partial charge in [-0.2, -0.15) is 0 Å². The summed E-state index contributed by atoms with van der Waals surface area (Å²) in [5.41, 5.74) is 1.85. The van der Waals surface area contributed by atoms with Crippen molar-refractivity contribution in [2.75, 3.05) is 45.2 Å². The topological polar surface area (TPSA) is 53.6 Å². The third-order valence-electron chi connectivity index (χ3n) is 3.66. The highest BCUT2D eigenvalue weighted by Crippen LogP contribution is 2.22. The summed E-state index contributed by atoms with van der Waals surface area (Å²) in [6.45, 7) is 6.40. The number of carbonyl (C=O) groups is 1. The van der Waals surface area contributed by atoms with Crippen molar-refractivity contribution in [3.63, 3.8) is 0 Å². The fraction of sp³-hybridized carbons (Fsp3) is 0.562. The van der Waals surface area contributed by atoms with Crippen LogP contribution in [0.1, 0.15) is 18.4 Å². The van der Waals surface area contributed by atoms with Crippen LogP contribution < -0.4 is 15.4 Å². The third-order valence-corrected chi connectivity index (χ3v) is 3.66. The number of anilines is 1. The molecule has 1 aromatic rings. The van der Waals surface area contributed by atoms with Crippen molar-refractivity contribution in [3.8, 4) is 5.75 Å². The molecule has 0 radical (unpaired) electrons. The molecule has 1 amide bonds. The largest absolute Gasteiger partial charge is 0.492 e. The molecule has 5 heteroatoms. The second-order valence-electron chi connectivity index (χ2n) is 5.46. The van der Waals surface area contributed by atoms with Gasteiger partial charge in [-0.3, -0.25) is 9.69 Å². The molecule has 1 aromatic carbocycles. The molecule has 1 heterocycles. The molecule has 0 atom stereocenters. The van der Waals surface area contributed by atoms with Crippen LogP contribution in [0, 0.1) is 6.92 Å². The van der Waals surface area contributed by atoms with Gasteiger partial charge in [-0.15, -0.1) is 0 Å². The zero-order chi connectivity index (χ0) is 15.1. The lowest BCUT2D eigenvalue weighted by molar-refractivity contribution is -0.115. The number of nitrogens with zero attached hydrogens (tertiary/aromatic N) is 1. The zero-order valence-electron chi connectivity index (χ0n) is 12.9. The molecule has 0 bridgehead atoms. The first-order valence-corrected chi connectivity index (χ1v) is 7.59. The van der Waals surface area contributed by atoms with E-state index in [0.29, 0.717) is 13.2 Å². The Hall–Kier alpha value is -1.59. The van der Waals surface area contributed by atoms with Crippen molar-refractivity contribution >= 4 is 11.6 Å². The van der Waals surface area contributed by atoms with Gasteiger partial charge in [0.1, 0.15) is 12.4 Å². The van der Waals surface area contributed by atoms with Crippen LogP contribution in [0.4, 0.5) is 5.69 Å². The van der Waals surface area contributed by atoms with Crippen molar-refractivity contribution in [2.45, 2.75) is 19.8 Å². The number of aryl methyl sites for hydroxylation is 1. The molecule has 116 valence electrons. The molecule has 0 aliphatic carbocycles. The number of likely N-dealkylation sites (tertiary alicyclic amines) is 1. The molecular formula is C16H25N3O2. The predicted molar refractivity (Wildman–Crippen MR) is 84.9 cm³/mol. The molecular weight excluding hydrogens is 266 g/mol. The molecule has 5 nitrogen and oxygen atoms in total. The van der Waals surface area contributed by atoms with Crippen LogP contribution in [0.5, 0.6) is 5.75 Å². The molecule has 0 spiro atoms. The zero-order valence-corrected chi connectivity index (χ0v) is 12.9. The summed E-state index contributed by atoms with van der Waals surface area (Å²) in [5, 5.41) is 5.67. The fourth-order valence-electron chi connectivity index (χ4n) is 2.55. The summed E-state index contributed by atoms with van der Waals surface area (Å²) in [4.78, 5) is 13.9. The van der Waals surface area contributed by atoms with Gasteiger partial charge in [0.25, 0.3) is 0 Å². The Kier molecular flexibility index (Phi) is 6.02. The maximum absolute atomic E-state index is 11.5. The normalized spacial score (nSPS) is 15.1. The average Bonchev–Trinajstić information content (AvgIpc) is 2.94. The quantitative estimate of drug-likeness (QED) is 0.802. The van der Waals surface area contributed by atoms with E-state index in [1.807, 2.05) is 25.1 Å². The summed E-state index contributed by atoms with van der Waals surface area (Å²) in [6, 6.07) is 5.75. The molecule has 2 N–H and O–H groups in total. The molecule has 0 aromatic heterocycles. The van der Waals surface area contributed by atoms with Crippen LogP contribution in [0.25, 0.3) is 0 Å². The molecule has 21 heavy (non-hydrogen) atoms. The summed E-state index contributed by atoms with van der Waals surface area (Å²) in [5.74, 6) is 0.848. The summed E-state index contributed by atoms with van der Waals surface area (Å²) in [6.07, 6.45) is 2.61. The first-order valence-electron chi connectivity index (χ1n) is 7.59. The van der Waals surface area contributed by atoms with Gasteiger partial charge in [-0.1, -0.05) is 0 Å². The number of benzene rings is 1. The number of hydrogen-bond donors (Lipinski definition) is 2. The molecule has 1 fully saturated rings. The Morgan fingerprint density at radius 2 is 2.10 bits per heavy atom. The number of likely N-dealkylation sites (N-methyl/N-ethyl adjacent to an activating group) is 1. The standard InChI is InChI=1S/C16H25N3O2/c1-13-11-14(18-16(20)12-17-2)5-6-15(13)21-10-9-19-7-3-4-8-19/h5-6,11,17H,3-4,7-10,12H2,1-2H3,(H,18,20). The van der Waals surface area contributed by atoms with Gasteiger partial charge in [-0.05, 0) is 63.7 Å². The first-order chi connectivity index (χ1) is 10.2. The van der Waals surface area contributed by atoms with Crippen molar-refractivity contribution in [2.24, 2.45) is 0 Å². The first kappa shape index (κ1) is 15.8. The van der Waals surface area contributed by atoms with E-state index in [9.17, 15) is 4.79 Å². The third kappa shape index (κ3) is 5.02. The Balaban J connectivity index is 1.82. The van der Waals surface area contributed by atoms with E-state index >= 15 is 0 Å². The highest BCUT2D eigenvalue weighted by Gasteiger charge is 2.11. The molecule has 2 rings (SSSR count). The van der Waals surface area contributed by atoms with Crippen molar-refractivity contribution in [3.05, 3.63) is 23.8 Å². The van der Waals surface area contributed by atoms with Gasteiger partial charge >= 0.3 is 0 Å². The minimum Gasteiger partial charge on any atom is -0.492 e. The van der Waals surface area contributed by atoms with Gasteiger partial charge in [0.2, 0.25) is 5.91 Å².